The standard InChI is InChI=1S/C21H39NO/c1-3-4-5-6-7-8-9-10-11-12-13-14-15-16-17-18-21-22-20(2)19-23-21/h19H,3-18H2,1-2H3. The fourth-order valence-electron chi connectivity index (χ4n) is 3.17. The first-order valence-corrected chi connectivity index (χ1v) is 10.2. The van der Waals surface area contributed by atoms with E-state index in [-0.39, 0.29) is 0 Å². The van der Waals surface area contributed by atoms with Gasteiger partial charge in [-0.25, -0.2) is 4.98 Å². The van der Waals surface area contributed by atoms with E-state index >= 15 is 0 Å². The highest BCUT2D eigenvalue weighted by Crippen LogP contribution is 2.14. The molecule has 0 atom stereocenters. The van der Waals surface area contributed by atoms with Gasteiger partial charge in [0.15, 0.2) is 5.89 Å². The van der Waals surface area contributed by atoms with Crippen molar-refractivity contribution in [3.63, 3.8) is 0 Å². The highest BCUT2D eigenvalue weighted by atomic mass is 16.3. The fourth-order valence-corrected chi connectivity index (χ4v) is 3.17. The zero-order valence-corrected chi connectivity index (χ0v) is 15.7. The summed E-state index contributed by atoms with van der Waals surface area (Å²) in [6.07, 6.45) is 23.9. The SMILES string of the molecule is CCCCCCCCCCCCCCCCCc1nc(C)co1. The molecule has 0 aliphatic heterocycles. The second-order valence-electron chi connectivity index (χ2n) is 7.08. The third-order valence-electron chi connectivity index (χ3n) is 4.66. The third-order valence-corrected chi connectivity index (χ3v) is 4.66. The molecule has 1 heterocycles. The van der Waals surface area contributed by atoms with Crippen molar-refractivity contribution in [3.8, 4) is 0 Å². The summed E-state index contributed by atoms with van der Waals surface area (Å²) in [5.74, 6) is 0.914. The predicted octanol–water partition coefficient (Wildman–Crippen LogP) is 7.40. The van der Waals surface area contributed by atoms with Crippen LogP contribution in [0.5, 0.6) is 0 Å². The normalized spacial score (nSPS) is 11.2. The number of oxazole rings is 1. The number of aromatic nitrogens is 1. The largest absolute Gasteiger partial charge is 0.449 e. The van der Waals surface area contributed by atoms with E-state index in [9.17, 15) is 0 Å². The maximum absolute atomic E-state index is 5.37. The first kappa shape index (κ1) is 20.3. The molecule has 0 saturated carbocycles. The molecular formula is C21H39NO. The van der Waals surface area contributed by atoms with E-state index in [2.05, 4.69) is 11.9 Å². The van der Waals surface area contributed by atoms with Gasteiger partial charge in [0.1, 0.15) is 6.26 Å². The zero-order valence-electron chi connectivity index (χ0n) is 15.7. The van der Waals surface area contributed by atoms with Crippen molar-refractivity contribution in [3.05, 3.63) is 17.8 Å². The highest BCUT2D eigenvalue weighted by Gasteiger charge is 2.00. The van der Waals surface area contributed by atoms with Crippen molar-refractivity contribution in [2.45, 2.75) is 117 Å². The first-order chi connectivity index (χ1) is 11.3. The molecule has 0 amide bonds. The van der Waals surface area contributed by atoms with Crippen LogP contribution < -0.4 is 0 Å². The van der Waals surface area contributed by atoms with Crippen LogP contribution in [-0.2, 0) is 6.42 Å². The van der Waals surface area contributed by atoms with Gasteiger partial charge >= 0.3 is 0 Å². The first-order valence-electron chi connectivity index (χ1n) is 10.2. The summed E-state index contributed by atoms with van der Waals surface area (Å²) < 4.78 is 5.37. The van der Waals surface area contributed by atoms with Crippen molar-refractivity contribution in [1.29, 1.82) is 0 Å². The molecule has 1 aromatic rings. The second-order valence-corrected chi connectivity index (χ2v) is 7.08. The minimum Gasteiger partial charge on any atom is -0.449 e. The number of unbranched alkanes of at least 4 members (excludes halogenated alkanes) is 14. The van der Waals surface area contributed by atoms with Crippen molar-refractivity contribution in [2.75, 3.05) is 0 Å². The Labute approximate surface area is 144 Å². The summed E-state index contributed by atoms with van der Waals surface area (Å²) in [6, 6.07) is 0. The second kappa shape index (κ2) is 14.8. The topological polar surface area (TPSA) is 26.0 Å². The van der Waals surface area contributed by atoms with Crippen LogP contribution >= 0.6 is 0 Å². The number of hydrogen-bond acceptors (Lipinski definition) is 2. The summed E-state index contributed by atoms with van der Waals surface area (Å²) in [5.41, 5.74) is 1.00. The van der Waals surface area contributed by atoms with Crippen LogP contribution in [0.3, 0.4) is 0 Å². The number of rotatable bonds is 16. The Bertz CT molecular complexity index is 358. The average molecular weight is 322 g/mol. The number of aryl methyl sites for hydroxylation is 2. The molecule has 1 aromatic heterocycles. The summed E-state index contributed by atoms with van der Waals surface area (Å²) in [6.45, 7) is 4.27. The molecule has 0 fully saturated rings. The lowest BCUT2D eigenvalue weighted by atomic mass is 10.0. The quantitative estimate of drug-likeness (QED) is 0.296. The summed E-state index contributed by atoms with van der Waals surface area (Å²) in [5, 5.41) is 0. The third kappa shape index (κ3) is 12.3. The maximum atomic E-state index is 5.37. The van der Waals surface area contributed by atoms with Gasteiger partial charge in [-0.2, -0.15) is 0 Å². The molecule has 2 nitrogen and oxygen atoms in total. The van der Waals surface area contributed by atoms with Crippen LogP contribution in [0.1, 0.15) is 115 Å². The van der Waals surface area contributed by atoms with Gasteiger partial charge in [0.25, 0.3) is 0 Å². The number of nitrogens with zero attached hydrogens (tertiary/aromatic N) is 1. The fraction of sp³-hybridized carbons (Fsp3) is 0.857. The van der Waals surface area contributed by atoms with Gasteiger partial charge in [0, 0.05) is 6.42 Å². The molecule has 0 aliphatic rings. The molecule has 0 saturated heterocycles. The van der Waals surface area contributed by atoms with E-state index in [1.165, 1.54) is 96.3 Å². The van der Waals surface area contributed by atoms with Crippen LogP contribution in [0, 0.1) is 6.92 Å². The molecule has 134 valence electrons. The van der Waals surface area contributed by atoms with Crippen LogP contribution in [0.4, 0.5) is 0 Å². The van der Waals surface area contributed by atoms with Gasteiger partial charge in [-0.15, -0.1) is 0 Å². The van der Waals surface area contributed by atoms with Crippen molar-refractivity contribution in [2.24, 2.45) is 0 Å². The van der Waals surface area contributed by atoms with Crippen LogP contribution in [0.25, 0.3) is 0 Å². The van der Waals surface area contributed by atoms with Crippen molar-refractivity contribution in [1.82, 2.24) is 4.98 Å². The van der Waals surface area contributed by atoms with Gasteiger partial charge < -0.3 is 4.42 Å². The van der Waals surface area contributed by atoms with E-state index in [1.54, 1.807) is 6.26 Å². The molecule has 0 bridgehead atoms. The molecule has 0 aromatic carbocycles. The zero-order chi connectivity index (χ0) is 16.6. The molecular weight excluding hydrogens is 282 g/mol. The molecule has 2 heteroatoms. The molecule has 0 unspecified atom stereocenters. The van der Waals surface area contributed by atoms with E-state index in [4.69, 9.17) is 4.42 Å². The minimum atomic E-state index is 0.914. The molecule has 23 heavy (non-hydrogen) atoms. The lowest BCUT2D eigenvalue weighted by Crippen LogP contribution is -1.87. The smallest absolute Gasteiger partial charge is 0.194 e. The monoisotopic (exact) mass is 321 g/mol. The summed E-state index contributed by atoms with van der Waals surface area (Å²) in [4.78, 5) is 4.35. The van der Waals surface area contributed by atoms with Gasteiger partial charge in [-0.3, -0.25) is 0 Å². The van der Waals surface area contributed by atoms with Crippen molar-refractivity contribution < 1.29 is 4.42 Å². The minimum absolute atomic E-state index is 0.914. The Morgan fingerprint density at radius 3 is 1.52 bits per heavy atom. The number of hydrogen-bond donors (Lipinski definition) is 0. The van der Waals surface area contributed by atoms with Gasteiger partial charge in [-0.05, 0) is 13.3 Å². The van der Waals surface area contributed by atoms with E-state index in [0.717, 1.165) is 18.0 Å². The van der Waals surface area contributed by atoms with Gasteiger partial charge in [0.2, 0.25) is 0 Å². The van der Waals surface area contributed by atoms with E-state index < -0.39 is 0 Å². The average Bonchev–Trinajstić information content (AvgIpc) is 2.96. The predicted molar refractivity (Wildman–Crippen MR) is 99.9 cm³/mol. The van der Waals surface area contributed by atoms with Crippen LogP contribution in [0.15, 0.2) is 10.7 Å². The van der Waals surface area contributed by atoms with Gasteiger partial charge in [-0.1, -0.05) is 96.8 Å². The Balaban J connectivity index is 1.71. The molecule has 0 radical (unpaired) electrons. The van der Waals surface area contributed by atoms with E-state index in [0.29, 0.717) is 0 Å². The van der Waals surface area contributed by atoms with Crippen LogP contribution in [0.2, 0.25) is 0 Å². The Morgan fingerprint density at radius 2 is 1.13 bits per heavy atom. The van der Waals surface area contributed by atoms with Gasteiger partial charge in [0.05, 0.1) is 5.69 Å². The van der Waals surface area contributed by atoms with Crippen molar-refractivity contribution >= 4 is 0 Å². The molecule has 0 N–H and O–H groups in total. The summed E-state index contributed by atoms with van der Waals surface area (Å²) >= 11 is 0. The Kier molecular flexibility index (Phi) is 13.0. The molecule has 0 aliphatic carbocycles. The summed E-state index contributed by atoms with van der Waals surface area (Å²) in [7, 11) is 0. The maximum Gasteiger partial charge on any atom is 0.194 e. The molecule has 1 rings (SSSR count). The lowest BCUT2D eigenvalue weighted by molar-refractivity contribution is 0.475. The molecule has 0 spiro atoms. The lowest BCUT2D eigenvalue weighted by Gasteiger charge is -2.03. The van der Waals surface area contributed by atoms with Crippen LogP contribution in [-0.4, -0.2) is 4.98 Å². The Morgan fingerprint density at radius 1 is 0.696 bits per heavy atom. The highest BCUT2D eigenvalue weighted by molar-refractivity contribution is 4.92. The van der Waals surface area contributed by atoms with E-state index in [1.807, 2.05) is 6.92 Å². The Hall–Kier alpha value is -0.790.